The molecule has 0 radical (unpaired) electrons. The molecule has 0 aliphatic heterocycles. The number of hydrogen-bond donors (Lipinski definition) is 2. The molecule has 0 aliphatic rings. The van der Waals surface area contributed by atoms with Gasteiger partial charge in [-0.25, -0.2) is 0 Å². The summed E-state index contributed by atoms with van der Waals surface area (Å²) in [5.74, 6) is 0.548. The normalized spacial score (nSPS) is 11.0. The number of aromatic nitrogens is 1. The Morgan fingerprint density at radius 2 is 1.72 bits per heavy atom. The Morgan fingerprint density at radius 1 is 1.00 bits per heavy atom. The summed E-state index contributed by atoms with van der Waals surface area (Å²) in [4.78, 5) is 16.1. The molecule has 0 atom stereocenters. The molecule has 4 nitrogen and oxygen atoms in total. The first-order chi connectivity index (χ1) is 14.0. The van der Waals surface area contributed by atoms with E-state index in [2.05, 4.69) is 4.98 Å². The quantitative estimate of drug-likeness (QED) is 0.381. The molecular formula is C22H15Cl2NO3S. The van der Waals surface area contributed by atoms with Gasteiger partial charge >= 0.3 is 0 Å². The third-order valence-corrected chi connectivity index (χ3v) is 5.86. The van der Waals surface area contributed by atoms with Crippen LogP contribution in [-0.4, -0.2) is 10.1 Å². The minimum Gasteiger partial charge on any atom is -0.506 e. The molecule has 0 spiro atoms. The van der Waals surface area contributed by atoms with Crippen molar-refractivity contribution in [3.05, 3.63) is 92.7 Å². The second kappa shape index (κ2) is 8.41. The number of H-pyrrole nitrogens is 1. The second-order valence-electron chi connectivity index (χ2n) is 6.29. The molecule has 1 heterocycles. The van der Waals surface area contributed by atoms with Crippen molar-refractivity contribution in [2.24, 2.45) is 0 Å². The molecule has 0 amide bonds. The van der Waals surface area contributed by atoms with E-state index in [1.54, 1.807) is 6.07 Å². The van der Waals surface area contributed by atoms with E-state index in [-0.39, 0.29) is 15.7 Å². The SMILES string of the molecule is O=c1[nH]c2cc(Cl)cc(Cl)c2c(O)c1Sc1ccc(OCc2ccccc2)cc1. The topological polar surface area (TPSA) is 62.3 Å². The van der Waals surface area contributed by atoms with E-state index in [0.29, 0.717) is 28.3 Å². The smallest absolute Gasteiger partial charge is 0.266 e. The van der Waals surface area contributed by atoms with Crippen LogP contribution in [0.25, 0.3) is 10.9 Å². The molecule has 0 unspecified atom stereocenters. The van der Waals surface area contributed by atoms with Gasteiger partial charge in [0, 0.05) is 9.92 Å². The molecule has 29 heavy (non-hydrogen) atoms. The van der Waals surface area contributed by atoms with Gasteiger partial charge in [-0.05, 0) is 42.0 Å². The summed E-state index contributed by atoms with van der Waals surface area (Å²) in [6.07, 6.45) is 0. The molecular weight excluding hydrogens is 429 g/mol. The van der Waals surface area contributed by atoms with Crippen molar-refractivity contribution >= 4 is 45.9 Å². The molecule has 3 aromatic carbocycles. The van der Waals surface area contributed by atoms with Crippen LogP contribution in [0.15, 0.2) is 81.3 Å². The summed E-state index contributed by atoms with van der Waals surface area (Å²) in [7, 11) is 0. The summed E-state index contributed by atoms with van der Waals surface area (Å²) < 4.78 is 5.77. The molecule has 1 aromatic heterocycles. The maximum absolute atomic E-state index is 12.5. The van der Waals surface area contributed by atoms with Gasteiger partial charge in [0.1, 0.15) is 23.0 Å². The fourth-order valence-electron chi connectivity index (χ4n) is 2.87. The third-order valence-electron chi connectivity index (χ3n) is 4.25. The van der Waals surface area contributed by atoms with Gasteiger partial charge in [0.15, 0.2) is 0 Å². The molecule has 146 valence electrons. The maximum atomic E-state index is 12.5. The lowest BCUT2D eigenvalue weighted by atomic mass is 10.2. The lowest BCUT2D eigenvalue weighted by molar-refractivity contribution is 0.306. The van der Waals surface area contributed by atoms with Gasteiger partial charge in [-0.1, -0.05) is 65.3 Å². The summed E-state index contributed by atoms with van der Waals surface area (Å²) >= 11 is 13.3. The molecule has 0 bridgehead atoms. The van der Waals surface area contributed by atoms with Crippen molar-refractivity contribution in [3.8, 4) is 11.5 Å². The fraction of sp³-hybridized carbons (Fsp3) is 0.0455. The Morgan fingerprint density at radius 3 is 2.45 bits per heavy atom. The predicted octanol–water partition coefficient (Wildman–Crippen LogP) is 6.27. The van der Waals surface area contributed by atoms with E-state index < -0.39 is 5.56 Å². The monoisotopic (exact) mass is 443 g/mol. The molecule has 0 aliphatic carbocycles. The molecule has 4 rings (SSSR count). The van der Waals surface area contributed by atoms with E-state index in [9.17, 15) is 9.90 Å². The van der Waals surface area contributed by atoms with Crippen LogP contribution in [0.2, 0.25) is 10.0 Å². The highest BCUT2D eigenvalue weighted by Crippen LogP contribution is 2.39. The lowest BCUT2D eigenvalue weighted by Crippen LogP contribution is -2.08. The average molecular weight is 444 g/mol. The largest absolute Gasteiger partial charge is 0.506 e. The Balaban J connectivity index is 1.56. The number of halogens is 2. The van der Waals surface area contributed by atoms with Gasteiger partial charge in [0.25, 0.3) is 5.56 Å². The first-order valence-corrected chi connectivity index (χ1v) is 10.3. The zero-order chi connectivity index (χ0) is 20.4. The fourth-order valence-corrected chi connectivity index (χ4v) is 4.30. The Bertz CT molecular complexity index is 1220. The highest BCUT2D eigenvalue weighted by molar-refractivity contribution is 7.99. The first kappa shape index (κ1) is 19.7. The standard InChI is InChI=1S/C22H15Cl2NO3S/c23-14-10-17(24)19-18(11-14)25-22(27)21(20(19)26)29-16-8-6-15(7-9-16)28-12-13-4-2-1-3-5-13/h1-11H,12H2,(H2,25,26,27). The van der Waals surface area contributed by atoms with Crippen molar-refractivity contribution in [3.63, 3.8) is 0 Å². The Kier molecular flexibility index (Phi) is 5.72. The number of fused-ring (bicyclic) bond motifs is 1. The number of hydrogen-bond acceptors (Lipinski definition) is 4. The van der Waals surface area contributed by atoms with Crippen molar-refractivity contribution < 1.29 is 9.84 Å². The maximum Gasteiger partial charge on any atom is 0.266 e. The van der Waals surface area contributed by atoms with E-state index in [0.717, 1.165) is 22.2 Å². The van der Waals surface area contributed by atoms with Crippen molar-refractivity contribution in [2.45, 2.75) is 16.4 Å². The van der Waals surface area contributed by atoms with Crippen molar-refractivity contribution in [2.75, 3.05) is 0 Å². The zero-order valence-corrected chi connectivity index (χ0v) is 17.3. The number of aromatic amines is 1. The highest BCUT2D eigenvalue weighted by Gasteiger charge is 2.16. The van der Waals surface area contributed by atoms with Crippen LogP contribution in [0.4, 0.5) is 0 Å². The summed E-state index contributed by atoms with van der Waals surface area (Å²) in [5, 5.41) is 11.6. The average Bonchev–Trinajstić information content (AvgIpc) is 2.70. The van der Waals surface area contributed by atoms with Gasteiger partial charge in [-0.2, -0.15) is 0 Å². The summed E-state index contributed by atoms with van der Waals surface area (Å²) in [6.45, 7) is 0.472. The van der Waals surface area contributed by atoms with E-state index in [1.165, 1.54) is 6.07 Å². The third kappa shape index (κ3) is 4.37. The minimum atomic E-state index is -0.414. The van der Waals surface area contributed by atoms with Crippen molar-refractivity contribution in [1.82, 2.24) is 4.98 Å². The van der Waals surface area contributed by atoms with Crippen LogP contribution in [0.3, 0.4) is 0 Å². The van der Waals surface area contributed by atoms with Gasteiger partial charge in [0.2, 0.25) is 0 Å². The molecule has 0 saturated heterocycles. The molecule has 2 N–H and O–H groups in total. The zero-order valence-electron chi connectivity index (χ0n) is 15.0. The molecule has 4 aromatic rings. The van der Waals surface area contributed by atoms with Crippen LogP contribution >= 0.6 is 35.0 Å². The number of pyridine rings is 1. The van der Waals surface area contributed by atoms with Gasteiger partial charge in [0.05, 0.1) is 15.9 Å². The van der Waals surface area contributed by atoms with Crippen LogP contribution < -0.4 is 10.3 Å². The number of nitrogens with one attached hydrogen (secondary N) is 1. The Hall–Kier alpha value is -2.60. The van der Waals surface area contributed by atoms with E-state index in [1.807, 2.05) is 54.6 Å². The lowest BCUT2D eigenvalue weighted by Gasteiger charge is -2.10. The van der Waals surface area contributed by atoms with Crippen molar-refractivity contribution in [1.29, 1.82) is 0 Å². The summed E-state index contributed by atoms with van der Waals surface area (Å²) in [6, 6.07) is 20.3. The number of benzene rings is 3. The van der Waals surface area contributed by atoms with Gasteiger partial charge < -0.3 is 14.8 Å². The van der Waals surface area contributed by atoms with Crippen LogP contribution in [0.5, 0.6) is 11.5 Å². The second-order valence-corrected chi connectivity index (χ2v) is 8.22. The number of aromatic hydroxyl groups is 1. The van der Waals surface area contributed by atoms with E-state index in [4.69, 9.17) is 27.9 Å². The molecule has 7 heteroatoms. The Labute approximate surface area is 181 Å². The predicted molar refractivity (Wildman–Crippen MR) is 118 cm³/mol. The first-order valence-electron chi connectivity index (χ1n) is 8.70. The van der Waals surface area contributed by atoms with Gasteiger partial charge in [-0.15, -0.1) is 0 Å². The van der Waals surface area contributed by atoms with Crippen LogP contribution in [0, 0.1) is 0 Å². The van der Waals surface area contributed by atoms with Crippen LogP contribution in [-0.2, 0) is 6.61 Å². The molecule has 0 saturated carbocycles. The highest BCUT2D eigenvalue weighted by atomic mass is 35.5. The van der Waals surface area contributed by atoms with Gasteiger partial charge in [-0.3, -0.25) is 4.79 Å². The molecule has 0 fully saturated rings. The summed E-state index contributed by atoms with van der Waals surface area (Å²) in [5.41, 5.74) is 1.05. The van der Waals surface area contributed by atoms with Crippen LogP contribution in [0.1, 0.15) is 5.56 Å². The number of ether oxygens (including phenoxy) is 1. The number of rotatable bonds is 5. The minimum absolute atomic E-state index is 0.166. The van der Waals surface area contributed by atoms with E-state index >= 15 is 0 Å².